The summed E-state index contributed by atoms with van der Waals surface area (Å²) in [6, 6.07) is 14.8. The summed E-state index contributed by atoms with van der Waals surface area (Å²) in [4.78, 5) is 0. The second-order valence-corrected chi connectivity index (χ2v) is 5.23. The van der Waals surface area contributed by atoms with Gasteiger partial charge < -0.3 is 9.73 Å². The van der Waals surface area contributed by atoms with Gasteiger partial charge in [0.15, 0.2) is 0 Å². The summed E-state index contributed by atoms with van der Waals surface area (Å²) in [5.41, 5.74) is 3.46. The van der Waals surface area contributed by atoms with Crippen molar-refractivity contribution >= 4 is 0 Å². The summed E-state index contributed by atoms with van der Waals surface area (Å²) in [7, 11) is 0. The van der Waals surface area contributed by atoms with Gasteiger partial charge in [-0.1, -0.05) is 24.3 Å². The summed E-state index contributed by atoms with van der Waals surface area (Å²) in [6.45, 7) is 3.02. The highest BCUT2D eigenvalue weighted by atomic mass is 16.3. The first kappa shape index (κ1) is 13.6. The molecule has 1 aromatic carbocycles. The largest absolute Gasteiger partial charge is 0.469 e. The fourth-order valence-electron chi connectivity index (χ4n) is 2.31. The molecule has 0 spiro atoms. The highest BCUT2D eigenvalue weighted by Gasteiger charge is 2.05. The first-order valence-corrected chi connectivity index (χ1v) is 7.16. The predicted octanol–water partition coefficient (Wildman–Crippen LogP) is 3.39. The van der Waals surface area contributed by atoms with E-state index in [9.17, 15) is 0 Å². The molecule has 4 heteroatoms. The van der Waals surface area contributed by atoms with E-state index in [0.29, 0.717) is 6.04 Å². The summed E-state index contributed by atoms with van der Waals surface area (Å²) in [5, 5.41) is 10.5. The van der Waals surface area contributed by atoms with Crippen LogP contribution in [0.15, 0.2) is 59.3 Å². The zero-order chi connectivity index (χ0) is 14.5. The van der Waals surface area contributed by atoms with Gasteiger partial charge in [0.2, 0.25) is 0 Å². The Morgan fingerprint density at radius 3 is 2.71 bits per heavy atom. The topological polar surface area (TPSA) is 53.9 Å². The molecule has 21 heavy (non-hydrogen) atoms. The molecule has 0 bridgehead atoms. The van der Waals surface area contributed by atoms with E-state index in [1.165, 1.54) is 5.56 Å². The maximum absolute atomic E-state index is 5.36. The Balaban J connectivity index is 1.53. The van der Waals surface area contributed by atoms with Gasteiger partial charge in [0.25, 0.3) is 0 Å². The summed E-state index contributed by atoms with van der Waals surface area (Å²) < 4.78 is 5.36. The van der Waals surface area contributed by atoms with Gasteiger partial charge in [0.1, 0.15) is 5.76 Å². The lowest BCUT2D eigenvalue weighted by Crippen LogP contribution is -2.27. The van der Waals surface area contributed by atoms with E-state index in [4.69, 9.17) is 4.42 Å². The van der Waals surface area contributed by atoms with E-state index in [0.717, 1.165) is 30.0 Å². The number of benzene rings is 1. The zero-order valence-corrected chi connectivity index (χ0v) is 12.0. The first-order chi connectivity index (χ1) is 10.3. The number of aromatic nitrogens is 2. The number of aromatic amines is 1. The van der Waals surface area contributed by atoms with Crippen molar-refractivity contribution in [1.82, 2.24) is 15.5 Å². The molecule has 108 valence electrons. The molecule has 4 nitrogen and oxygen atoms in total. The maximum atomic E-state index is 5.36. The van der Waals surface area contributed by atoms with E-state index < -0.39 is 0 Å². The molecule has 0 aliphatic carbocycles. The number of furan rings is 1. The van der Waals surface area contributed by atoms with Crippen LogP contribution < -0.4 is 5.32 Å². The van der Waals surface area contributed by atoms with Gasteiger partial charge in [-0.05, 0) is 36.2 Å². The van der Waals surface area contributed by atoms with Crippen molar-refractivity contribution in [3.8, 4) is 11.3 Å². The SMILES string of the molecule is CC(Cc1ccco1)NCc1ccc(-c2ccn[nH]2)cc1. The van der Waals surface area contributed by atoms with Crippen molar-refractivity contribution in [3.63, 3.8) is 0 Å². The molecule has 0 amide bonds. The minimum absolute atomic E-state index is 0.378. The van der Waals surface area contributed by atoms with Crippen LogP contribution >= 0.6 is 0 Å². The third-order valence-electron chi connectivity index (χ3n) is 3.51. The first-order valence-electron chi connectivity index (χ1n) is 7.16. The van der Waals surface area contributed by atoms with Crippen LogP contribution in [0.3, 0.4) is 0 Å². The second kappa shape index (κ2) is 6.41. The third kappa shape index (κ3) is 3.61. The summed E-state index contributed by atoms with van der Waals surface area (Å²) >= 11 is 0. The molecule has 2 aromatic heterocycles. The smallest absolute Gasteiger partial charge is 0.105 e. The Hall–Kier alpha value is -2.33. The Morgan fingerprint density at radius 2 is 2.05 bits per heavy atom. The second-order valence-electron chi connectivity index (χ2n) is 5.23. The highest BCUT2D eigenvalue weighted by Crippen LogP contribution is 2.16. The highest BCUT2D eigenvalue weighted by molar-refractivity contribution is 5.58. The lowest BCUT2D eigenvalue weighted by Gasteiger charge is -2.12. The number of hydrogen-bond acceptors (Lipinski definition) is 3. The molecule has 0 aliphatic heterocycles. The number of H-pyrrole nitrogens is 1. The fourth-order valence-corrected chi connectivity index (χ4v) is 2.31. The van der Waals surface area contributed by atoms with Crippen LogP contribution in [0.4, 0.5) is 0 Å². The van der Waals surface area contributed by atoms with Gasteiger partial charge in [-0.15, -0.1) is 0 Å². The van der Waals surface area contributed by atoms with Crippen molar-refractivity contribution in [2.75, 3.05) is 0 Å². The van der Waals surface area contributed by atoms with Crippen LogP contribution in [0.1, 0.15) is 18.2 Å². The van der Waals surface area contributed by atoms with E-state index in [2.05, 4.69) is 46.7 Å². The predicted molar refractivity (Wildman–Crippen MR) is 82.7 cm³/mol. The Bertz CT molecular complexity index is 642. The third-order valence-corrected chi connectivity index (χ3v) is 3.51. The quantitative estimate of drug-likeness (QED) is 0.728. The summed E-state index contributed by atoms with van der Waals surface area (Å²) in [5.74, 6) is 1.02. The van der Waals surface area contributed by atoms with Gasteiger partial charge in [-0.25, -0.2) is 0 Å². The molecule has 2 heterocycles. The Labute approximate surface area is 124 Å². The van der Waals surface area contributed by atoms with Gasteiger partial charge in [0, 0.05) is 25.2 Å². The molecule has 0 saturated heterocycles. The van der Waals surface area contributed by atoms with Crippen LogP contribution in [0.25, 0.3) is 11.3 Å². The number of rotatable bonds is 6. The lowest BCUT2D eigenvalue weighted by molar-refractivity contribution is 0.456. The van der Waals surface area contributed by atoms with Gasteiger partial charge in [-0.2, -0.15) is 5.10 Å². The van der Waals surface area contributed by atoms with Crippen LogP contribution in [0, 0.1) is 0 Å². The standard InChI is InChI=1S/C17H19N3O/c1-13(11-16-3-2-10-21-16)18-12-14-4-6-15(7-5-14)17-8-9-19-20-17/h2-10,13,18H,11-12H2,1H3,(H,19,20). The minimum Gasteiger partial charge on any atom is -0.469 e. The Morgan fingerprint density at radius 1 is 1.19 bits per heavy atom. The fraction of sp³-hybridized carbons (Fsp3) is 0.235. The zero-order valence-electron chi connectivity index (χ0n) is 12.0. The molecule has 3 rings (SSSR count). The molecule has 0 aliphatic rings. The van der Waals surface area contributed by atoms with Crippen molar-refractivity contribution in [1.29, 1.82) is 0 Å². The number of hydrogen-bond donors (Lipinski definition) is 2. The molecular formula is C17H19N3O. The van der Waals surface area contributed by atoms with Crippen molar-refractivity contribution in [2.45, 2.75) is 25.9 Å². The molecule has 1 atom stereocenters. The van der Waals surface area contributed by atoms with Crippen LogP contribution in [0.5, 0.6) is 0 Å². The normalized spacial score (nSPS) is 12.4. The Kier molecular flexibility index (Phi) is 4.17. The lowest BCUT2D eigenvalue weighted by atomic mass is 10.1. The average molecular weight is 281 g/mol. The minimum atomic E-state index is 0.378. The molecule has 3 aromatic rings. The molecule has 2 N–H and O–H groups in total. The molecule has 1 unspecified atom stereocenters. The number of nitrogens with one attached hydrogen (secondary N) is 2. The maximum Gasteiger partial charge on any atom is 0.105 e. The monoisotopic (exact) mass is 281 g/mol. The van der Waals surface area contributed by atoms with Crippen molar-refractivity contribution in [2.24, 2.45) is 0 Å². The van der Waals surface area contributed by atoms with Crippen LogP contribution in [-0.2, 0) is 13.0 Å². The summed E-state index contributed by atoms with van der Waals surface area (Å²) in [6.07, 6.45) is 4.39. The molecule has 0 saturated carbocycles. The van der Waals surface area contributed by atoms with E-state index in [-0.39, 0.29) is 0 Å². The van der Waals surface area contributed by atoms with Crippen LogP contribution in [0.2, 0.25) is 0 Å². The van der Waals surface area contributed by atoms with Gasteiger partial charge in [0.05, 0.1) is 12.0 Å². The molecule has 0 fully saturated rings. The van der Waals surface area contributed by atoms with Gasteiger partial charge >= 0.3 is 0 Å². The van der Waals surface area contributed by atoms with E-state index >= 15 is 0 Å². The average Bonchev–Trinajstić information content (AvgIpc) is 3.19. The van der Waals surface area contributed by atoms with Gasteiger partial charge in [-0.3, -0.25) is 5.10 Å². The molecular weight excluding hydrogens is 262 g/mol. The van der Waals surface area contributed by atoms with Crippen molar-refractivity contribution in [3.05, 3.63) is 66.2 Å². The van der Waals surface area contributed by atoms with Crippen molar-refractivity contribution < 1.29 is 4.42 Å². The van der Waals surface area contributed by atoms with Crippen LogP contribution in [-0.4, -0.2) is 16.2 Å². The molecule has 0 radical (unpaired) electrons. The van der Waals surface area contributed by atoms with E-state index in [1.54, 1.807) is 12.5 Å². The van der Waals surface area contributed by atoms with E-state index in [1.807, 2.05) is 18.2 Å². The number of nitrogens with zero attached hydrogens (tertiary/aromatic N) is 1.